The second kappa shape index (κ2) is 7.58. The summed E-state index contributed by atoms with van der Waals surface area (Å²) < 4.78 is 5.63. The summed E-state index contributed by atoms with van der Waals surface area (Å²) in [5.41, 5.74) is 2.35. The zero-order chi connectivity index (χ0) is 15.1. The summed E-state index contributed by atoms with van der Waals surface area (Å²) in [5.74, 6) is 0.914. The molecule has 0 fully saturated rings. The lowest BCUT2D eigenvalue weighted by molar-refractivity contribution is 0.242. The van der Waals surface area contributed by atoms with Crippen molar-refractivity contribution < 1.29 is 4.74 Å². The summed E-state index contributed by atoms with van der Waals surface area (Å²) in [6.45, 7) is 5.92. The van der Waals surface area contributed by atoms with E-state index in [2.05, 4.69) is 53.7 Å². The Morgan fingerprint density at radius 3 is 2.29 bits per heavy atom. The maximum atomic E-state index is 5.63. The van der Waals surface area contributed by atoms with E-state index >= 15 is 0 Å². The van der Waals surface area contributed by atoms with Crippen LogP contribution in [0.4, 0.5) is 11.4 Å². The van der Waals surface area contributed by atoms with Crippen molar-refractivity contribution >= 4 is 11.4 Å². The van der Waals surface area contributed by atoms with Gasteiger partial charge in [0.1, 0.15) is 5.75 Å². The molecule has 0 saturated heterocycles. The molecule has 0 atom stereocenters. The third kappa shape index (κ3) is 5.03. The van der Waals surface area contributed by atoms with Crippen LogP contribution in [0.2, 0.25) is 0 Å². The number of benzene rings is 2. The normalized spacial score (nSPS) is 10.5. The van der Waals surface area contributed by atoms with Crippen molar-refractivity contribution in [1.29, 1.82) is 0 Å². The molecular weight excluding hydrogens is 260 g/mol. The van der Waals surface area contributed by atoms with Crippen LogP contribution in [0, 0.1) is 0 Å². The Morgan fingerprint density at radius 2 is 1.67 bits per heavy atom. The van der Waals surface area contributed by atoms with E-state index < -0.39 is 0 Å². The molecule has 0 aromatic heterocycles. The molecule has 0 heterocycles. The van der Waals surface area contributed by atoms with E-state index in [9.17, 15) is 0 Å². The zero-order valence-corrected chi connectivity index (χ0v) is 13.0. The fourth-order valence-electron chi connectivity index (χ4n) is 2.10. The molecule has 2 aromatic rings. The predicted octanol–water partition coefficient (Wildman–Crippen LogP) is 4.02. The molecule has 2 rings (SSSR count). The number of anilines is 2. The molecule has 0 aliphatic heterocycles. The van der Waals surface area contributed by atoms with E-state index in [1.54, 1.807) is 0 Å². The third-order valence-corrected chi connectivity index (χ3v) is 3.20. The SMILES string of the molecule is CC(C)Oc1ccc(NCCN(C)c2ccccc2)cc1. The van der Waals surface area contributed by atoms with Crippen LogP contribution >= 0.6 is 0 Å². The van der Waals surface area contributed by atoms with E-state index in [0.29, 0.717) is 0 Å². The summed E-state index contributed by atoms with van der Waals surface area (Å²) in [5, 5.41) is 3.43. The predicted molar refractivity (Wildman–Crippen MR) is 90.4 cm³/mol. The van der Waals surface area contributed by atoms with Gasteiger partial charge in [-0.1, -0.05) is 18.2 Å². The first-order chi connectivity index (χ1) is 10.1. The second-order valence-electron chi connectivity index (χ2n) is 5.37. The van der Waals surface area contributed by atoms with Gasteiger partial charge in [0.2, 0.25) is 0 Å². The molecule has 1 N–H and O–H groups in total. The molecule has 0 aliphatic carbocycles. The maximum absolute atomic E-state index is 5.63. The van der Waals surface area contributed by atoms with E-state index in [4.69, 9.17) is 4.74 Å². The Kier molecular flexibility index (Phi) is 5.50. The van der Waals surface area contributed by atoms with Crippen LogP contribution in [0.5, 0.6) is 5.75 Å². The van der Waals surface area contributed by atoms with Gasteiger partial charge in [0, 0.05) is 31.5 Å². The van der Waals surface area contributed by atoms with Crippen LogP contribution in [-0.2, 0) is 0 Å². The van der Waals surface area contributed by atoms with Crippen molar-refractivity contribution in [2.24, 2.45) is 0 Å². The number of rotatable bonds is 7. The average molecular weight is 284 g/mol. The first-order valence-electron chi connectivity index (χ1n) is 7.42. The van der Waals surface area contributed by atoms with Crippen LogP contribution in [0.1, 0.15) is 13.8 Å². The first-order valence-corrected chi connectivity index (χ1v) is 7.42. The van der Waals surface area contributed by atoms with E-state index in [0.717, 1.165) is 24.5 Å². The van der Waals surface area contributed by atoms with Crippen molar-refractivity contribution in [2.75, 3.05) is 30.4 Å². The Morgan fingerprint density at radius 1 is 1.00 bits per heavy atom. The number of nitrogens with one attached hydrogen (secondary N) is 1. The quantitative estimate of drug-likeness (QED) is 0.831. The molecule has 21 heavy (non-hydrogen) atoms. The highest BCUT2D eigenvalue weighted by Crippen LogP contribution is 2.17. The molecule has 2 aromatic carbocycles. The lowest BCUT2D eigenvalue weighted by Crippen LogP contribution is -2.24. The lowest BCUT2D eigenvalue weighted by atomic mass is 10.3. The van der Waals surface area contributed by atoms with Gasteiger partial charge in [-0.3, -0.25) is 0 Å². The molecule has 0 amide bonds. The molecule has 0 spiro atoms. The summed E-state index contributed by atoms with van der Waals surface area (Å²) >= 11 is 0. The fraction of sp³-hybridized carbons (Fsp3) is 0.333. The lowest BCUT2D eigenvalue weighted by Gasteiger charge is -2.19. The minimum atomic E-state index is 0.211. The molecule has 0 unspecified atom stereocenters. The summed E-state index contributed by atoms with van der Waals surface area (Å²) in [6, 6.07) is 18.5. The van der Waals surface area contributed by atoms with Crippen LogP contribution in [-0.4, -0.2) is 26.2 Å². The van der Waals surface area contributed by atoms with Crippen molar-refractivity contribution in [3.05, 3.63) is 54.6 Å². The molecular formula is C18H24N2O. The van der Waals surface area contributed by atoms with Crippen LogP contribution in [0.3, 0.4) is 0 Å². The zero-order valence-electron chi connectivity index (χ0n) is 13.0. The van der Waals surface area contributed by atoms with Gasteiger partial charge in [-0.05, 0) is 50.2 Å². The first kappa shape index (κ1) is 15.2. The smallest absolute Gasteiger partial charge is 0.119 e. The molecule has 3 heteroatoms. The van der Waals surface area contributed by atoms with Gasteiger partial charge in [0.15, 0.2) is 0 Å². The van der Waals surface area contributed by atoms with E-state index in [-0.39, 0.29) is 6.10 Å². The van der Waals surface area contributed by atoms with Gasteiger partial charge in [-0.25, -0.2) is 0 Å². The maximum Gasteiger partial charge on any atom is 0.119 e. The highest BCUT2D eigenvalue weighted by atomic mass is 16.5. The Hall–Kier alpha value is -2.16. The number of hydrogen-bond acceptors (Lipinski definition) is 3. The molecule has 0 aliphatic rings. The van der Waals surface area contributed by atoms with Gasteiger partial charge in [-0.2, -0.15) is 0 Å². The monoisotopic (exact) mass is 284 g/mol. The molecule has 3 nitrogen and oxygen atoms in total. The minimum Gasteiger partial charge on any atom is -0.491 e. The highest BCUT2D eigenvalue weighted by Gasteiger charge is 2.00. The number of para-hydroxylation sites is 1. The highest BCUT2D eigenvalue weighted by molar-refractivity contribution is 5.48. The summed E-state index contributed by atoms with van der Waals surface area (Å²) in [4.78, 5) is 2.24. The Labute approximate surface area is 127 Å². The van der Waals surface area contributed by atoms with E-state index in [1.807, 2.05) is 32.0 Å². The molecule has 112 valence electrons. The van der Waals surface area contributed by atoms with Gasteiger partial charge in [0.25, 0.3) is 0 Å². The molecule has 0 radical (unpaired) electrons. The molecule has 0 bridgehead atoms. The third-order valence-electron chi connectivity index (χ3n) is 3.20. The van der Waals surface area contributed by atoms with Crippen LogP contribution in [0.25, 0.3) is 0 Å². The minimum absolute atomic E-state index is 0.211. The van der Waals surface area contributed by atoms with Crippen molar-refractivity contribution in [3.63, 3.8) is 0 Å². The van der Waals surface area contributed by atoms with Gasteiger partial charge in [0.05, 0.1) is 6.10 Å². The van der Waals surface area contributed by atoms with Crippen molar-refractivity contribution in [2.45, 2.75) is 20.0 Å². The summed E-state index contributed by atoms with van der Waals surface area (Å²) in [6.07, 6.45) is 0.211. The second-order valence-corrected chi connectivity index (χ2v) is 5.37. The van der Waals surface area contributed by atoms with Crippen LogP contribution < -0.4 is 15.0 Å². The van der Waals surface area contributed by atoms with Crippen LogP contribution in [0.15, 0.2) is 54.6 Å². The molecule has 0 saturated carbocycles. The van der Waals surface area contributed by atoms with Gasteiger partial charge in [-0.15, -0.1) is 0 Å². The van der Waals surface area contributed by atoms with Crippen molar-refractivity contribution in [1.82, 2.24) is 0 Å². The standard InChI is InChI=1S/C18H24N2O/c1-15(2)21-18-11-9-16(10-12-18)19-13-14-20(3)17-7-5-4-6-8-17/h4-12,15,19H,13-14H2,1-3H3. The number of likely N-dealkylation sites (N-methyl/N-ethyl adjacent to an activating group) is 1. The number of hydrogen-bond donors (Lipinski definition) is 1. The number of ether oxygens (including phenoxy) is 1. The van der Waals surface area contributed by atoms with Crippen molar-refractivity contribution in [3.8, 4) is 5.75 Å². The van der Waals surface area contributed by atoms with Gasteiger partial charge >= 0.3 is 0 Å². The Bertz CT molecular complexity index is 523. The topological polar surface area (TPSA) is 24.5 Å². The Balaban J connectivity index is 1.78. The van der Waals surface area contributed by atoms with Gasteiger partial charge < -0.3 is 15.0 Å². The fourth-order valence-corrected chi connectivity index (χ4v) is 2.10. The number of nitrogens with zero attached hydrogens (tertiary/aromatic N) is 1. The summed E-state index contributed by atoms with van der Waals surface area (Å²) in [7, 11) is 2.11. The largest absolute Gasteiger partial charge is 0.491 e. The van der Waals surface area contributed by atoms with E-state index in [1.165, 1.54) is 5.69 Å². The average Bonchev–Trinajstić information content (AvgIpc) is 2.49.